The van der Waals surface area contributed by atoms with Crippen LogP contribution in [0.1, 0.15) is 31.1 Å². The molecule has 1 rings (SSSR count). The topological polar surface area (TPSA) is 81.4 Å². The SMILES string of the molecule is CC(C)(C)OCC(=O)Nc1cccc(C(N)=O)c1. The zero-order chi connectivity index (χ0) is 13.8. The maximum Gasteiger partial charge on any atom is 0.250 e. The molecule has 0 atom stereocenters. The molecule has 0 unspecified atom stereocenters. The molecule has 5 heteroatoms. The number of carbonyl (C=O) groups is 2. The molecule has 0 radical (unpaired) electrons. The van der Waals surface area contributed by atoms with Crippen molar-refractivity contribution in [3.8, 4) is 0 Å². The van der Waals surface area contributed by atoms with E-state index in [-0.39, 0.29) is 18.1 Å². The van der Waals surface area contributed by atoms with Crippen molar-refractivity contribution in [2.45, 2.75) is 26.4 Å². The lowest BCUT2D eigenvalue weighted by atomic mass is 10.2. The summed E-state index contributed by atoms with van der Waals surface area (Å²) in [5, 5.41) is 2.64. The first-order chi connectivity index (χ1) is 8.28. The fraction of sp³-hybridized carbons (Fsp3) is 0.385. The van der Waals surface area contributed by atoms with Crippen LogP contribution in [0, 0.1) is 0 Å². The molecular formula is C13H18N2O3. The minimum Gasteiger partial charge on any atom is -0.366 e. The lowest BCUT2D eigenvalue weighted by molar-refractivity contribution is -0.125. The minimum atomic E-state index is -0.531. The van der Waals surface area contributed by atoms with Crippen molar-refractivity contribution in [3.63, 3.8) is 0 Å². The van der Waals surface area contributed by atoms with Crippen LogP contribution >= 0.6 is 0 Å². The normalized spacial score (nSPS) is 11.1. The van der Waals surface area contributed by atoms with Crippen LogP contribution in [0.25, 0.3) is 0 Å². The summed E-state index contributed by atoms with van der Waals surface area (Å²) in [6.45, 7) is 5.57. The molecule has 0 aliphatic rings. The van der Waals surface area contributed by atoms with Gasteiger partial charge in [-0.05, 0) is 39.0 Å². The lowest BCUT2D eigenvalue weighted by Crippen LogP contribution is -2.27. The summed E-state index contributed by atoms with van der Waals surface area (Å²) in [4.78, 5) is 22.6. The van der Waals surface area contributed by atoms with Crippen LogP contribution in [0.5, 0.6) is 0 Å². The van der Waals surface area contributed by atoms with E-state index in [4.69, 9.17) is 10.5 Å². The average molecular weight is 250 g/mol. The summed E-state index contributed by atoms with van der Waals surface area (Å²) in [6, 6.07) is 6.45. The standard InChI is InChI=1S/C13H18N2O3/c1-13(2,3)18-8-11(16)15-10-6-4-5-9(7-10)12(14)17/h4-7H,8H2,1-3H3,(H2,14,17)(H,15,16). The van der Waals surface area contributed by atoms with Gasteiger partial charge >= 0.3 is 0 Å². The van der Waals surface area contributed by atoms with Gasteiger partial charge in [0.05, 0.1) is 5.60 Å². The van der Waals surface area contributed by atoms with E-state index in [1.807, 2.05) is 20.8 Å². The highest BCUT2D eigenvalue weighted by molar-refractivity contribution is 5.96. The smallest absolute Gasteiger partial charge is 0.250 e. The number of nitrogens with two attached hydrogens (primary N) is 1. The molecule has 0 aliphatic carbocycles. The van der Waals surface area contributed by atoms with Gasteiger partial charge in [0, 0.05) is 11.3 Å². The zero-order valence-corrected chi connectivity index (χ0v) is 10.8. The molecule has 2 amide bonds. The maximum absolute atomic E-state index is 11.6. The first-order valence-electron chi connectivity index (χ1n) is 5.61. The van der Waals surface area contributed by atoms with Crippen LogP contribution in [-0.4, -0.2) is 24.0 Å². The highest BCUT2D eigenvalue weighted by Gasteiger charge is 2.13. The van der Waals surface area contributed by atoms with Gasteiger partial charge < -0.3 is 15.8 Å². The van der Waals surface area contributed by atoms with Crippen molar-refractivity contribution < 1.29 is 14.3 Å². The zero-order valence-electron chi connectivity index (χ0n) is 10.8. The van der Waals surface area contributed by atoms with E-state index < -0.39 is 5.91 Å². The van der Waals surface area contributed by atoms with Crippen molar-refractivity contribution in [2.24, 2.45) is 5.73 Å². The molecular weight excluding hydrogens is 232 g/mol. The van der Waals surface area contributed by atoms with E-state index in [9.17, 15) is 9.59 Å². The van der Waals surface area contributed by atoms with Crippen molar-refractivity contribution in [3.05, 3.63) is 29.8 Å². The molecule has 0 saturated heterocycles. The molecule has 5 nitrogen and oxygen atoms in total. The van der Waals surface area contributed by atoms with Gasteiger partial charge in [0.2, 0.25) is 11.8 Å². The minimum absolute atomic E-state index is 0.0374. The summed E-state index contributed by atoms with van der Waals surface area (Å²) < 4.78 is 5.34. The molecule has 0 aromatic heterocycles. The first-order valence-corrected chi connectivity index (χ1v) is 5.61. The Hall–Kier alpha value is -1.88. The molecule has 0 fully saturated rings. The molecule has 0 spiro atoms. The van der Waals surface area contributed by atoms with Crippen molar-refractivity contribution in [1.29, 1.82) is 0 Å². The summed E-state index contributed by atoms with van der Waals surface area (Å²) in [5.41, 5.74) is 5.66. The van der Waals surface area contributed by atoms with Crippen molar-refractivity contribution in [1.82, 2.24) is 0 Å². The number of carbonyl (C=O) groups excluding carboxylic acids is 2. The number of amides is 2. The fourth-order valence-corrected chi connectivity index (χ4v) is 1.23. The van der Waals surface area contributed by atoms with Gasteiger partial charge in [-0.3, -0.25) is 9.59 Å². The largest absolute Gasteiger partial charge is 0.366 e. The predicted molar refractivity (Wildman–Crippen MR) is 69.3 cm³/mol. The molecule has 98 valence electrons. The van der Waals surface area contributed by atoms with Gasteiger partial charge in [-0.1, -0.05) is 6.07 Å². The lowest BCUT2D eigenvalue weighted by Gasteiger charge is -2.19. The molecule has 18 heavy (non-hydrogen) atoms. The van der Waals surface area contributed by atoms with Crippen LogP contribution in [0.2, 0.25) is 0 Å². The Labute approximate surface area is 106 Å². The third kappa shape index (κ3) is 4.97. The Morgan fingerprint density at radius 3 is 2.56 bits per heavy atom. The summed E-state index contributed by atoms with van der Waals surface area (Å²) in [5.74, 6) is -0.802. The number of hydrogen-bond donors (Lipinski definition) is 2. The molecule has 1 aromatic carbocycles. The Balaban J connectivity index is 2.59. The fourth-order valence-electron chi connectivity index (χ4n) is 1.23. The van der Waals surface area contributed by atoms with Gasteiger partial charge in [0.25, 0.3) is 0 Å². The highest BCUT2D eigenvalue weighted by atomic mass is 16.5. The van der Waals surface area contributed by atoms with E-state index in [1.54, 1.807) is 18.2 Å². The summed E-state index contributed by atoms with van der Waals surface area (Å²) in [7, 11) is 0. The molecule has 0 bridgehead atoms. The summed E-state index contributed by atoms with van der Waals surface area (Å²) >= 11 is 0. The Morgan fingerprint density at radius 1 is 1.33 bits per heavy atom. The quantitative estimate of drug-likeness (QED) is 0.850. The molecule has 0 aliphatic heterocycles. The Kier molecular flexibility index (Phi) is 4.44. The second kappa shape index (κ2) is 5.64. The van der Waals surface area contributed by atoms with E-state index in [0.717, 1.165) is 0 Å². The number of nitrogens with one attached hydrogen (secondary N) is 1. The average Bonchev–Trinajstić information content (AvgIpc) is 2.26. The van der Waals surface area contributed by atoms with Gasteiger partial charge in [0.1, 0.15) is 6.61 Å². The number of primary amides is 1. The van der Waals surface area contributed by atoms with Crippen LogP contribution < -0.4 is 11.1 Å². The highest BCUT2D eigenvalue weighted by Crippen LogP contribution is 2.11. The van der Waals surface area contributed by atoms with Crippen molar-refractivity contribution >= 4 is 17.5 Å². The second-order valence-electron chi connectivity index (χ2n) is 4.89. The third-order valence-corrected chi connectivity index (χ3v) is 2.07. The Bertz CT molecular complexity index is 450. The number of benzene rings is 1. The van der Waals surface area contributed by atoms with Gasteiger partial charge in [-0.2, -0.15) is 0 Å². The number of rotatable bonds is 4. The number of anilines is 1. The Morgan fingerprint density at radius 2 is 2.00 bits per heavy atom. The van der Waals surface area contributed by atoms with Crippen LogP contribution in [0.3, 0.4) is 0 Å². The maximum atomic E-state index is 11.6. The number of ether oxygens (including phenoxy) is 1. The van der Waals surface area contributed by atoms with E-state index in [1.165, 1.54) is 6.07 Å². The predicted octanol–water partition coefficient (Wildman–Crippen LogP) is 1.54. The van der Waals surface area contributed by atoms with Gasteiger partial charge in [-0.25, -0.2) is 0 Å². The van der Waals surface area contributed by atoms with Gasteiger partial charge in [0.15, 0.2) is 0 Å². The van der Waals surface area contributed by atoms with E-state index in [2.05, 4.69) is 5.32 Å². The third-order valence-electron chi connectivity index (χ3n) is 2.07. The van der Waals surface area contributed by atoms with Crippen LogP contribution in [-0.2, 0) is 9.53 Å². The second-order valence-corrected chi connectivity index (χ2v) is 4.89. The monoisotopic (exact) mass is 250 g/mol. The van der Waals surface area contributed by atoms with Crippen LogP contribution in [0.4, 0.5) is 5.69 Å². The molecule has 3 N–H and O–H groups in total. The van der Waals surface area contributed by atoms with E-state index in [0.29, 0.717) is 11.3 Å². The molecule has 0 saturated carbocycles. The summed E-state index contributed by atoms with van der Waals surface area (Å²) in [6.07, 6.45) is 0. The van der Waals surface area contributed by atoms with Crippen LogP contribution in [0.15, 0.2) is 24.3 Å². The number of hydrogen-bond acceptors (Lipinski definition) is 3. The molecule has 0 heterocycles. The van der Waals surface area contributed by atoms with Crippen molar-refractivity contribution in [2.75, 3.05) is 11.9 Å². The van der Waals surface area contributed by atoms with Gasteiger partial charge in [-0.15, -0.1) is 0 Å². The van der Waals surface area contributed by atoms with E-state index >= 15 is 0 Å². The molecule has 1 aromatic rings. The first kappa shape index (κ1) is 14.2.